The number of aryl methyl sites for hydroxylation is 1. The van der Waals surface area contributed by atoms with Crippen LogP contribution < -0.4 is 10.1 Å². The number of halogens is 1. The first kappa shape index (κ1) is 25.5. The number of hydrogen-bond donors (Lipinski definition) is 1. The molecule has 8 heteroatoms. The van der Waals surface area contributed by atoms with Gasteiger partial charge in [0, 0.05) is 24.0 Å². The second-order valence-corrected chi connectivity index (χ2v) is 11.3. The summed E-state index contributed by atoms with van der Waals surface area (Å²) in [5, 5.41) is 3.63. The quantitative estimate of drug-likeness (QED) is 0.586. The monoisotopic (exact) mass is 492 g/mol. The van der Waals surface area contributed by atoms with Crippen LogP contribution in [0, 0.1) is 12.8 Å². The van der Waals surface area contributed by atoms with Crippen molar-refractivity contribution in [2.75, 3.05) is 20.2 Å². The Morgan fingerprint density at radius 1 is 1.09 bits per heavy atom. The fraction of sp³-hybridized carbons (Fsp3) is 0.480. The molecule has 0 unspecified atom stereocenters. The van der Waals surface area contributed by atoms with E-state index in [1.807, 2.05) is 19.9 Å². The molecule has 3 rings (SSSR count). The minimum atomic E-state index is -3.59. The Morgan fingerprint density at radius 2 is 1.70 bits per heavy atom. The number of methoxy groups -OCH3 is 1. The molecule has 1 N–H and O–H groups in total. The molecule has 1 atom stereocenters. The van der Waals surface area contributed by atoms with Crippen LogP contribution in [0.25, 0.3) is 0 Å². The van der Waals surface area contributed by atoms with Crippen LogP contribution in [0.15, 0.2) is 41.3 Å². The van der Waals surface area contributed by atoms with Gasteiger partial charge in [-0.2, -0.15) is 4.31 Å². The van der Waals surface area contributed by atoms with Crippen molar-refractivity contribution in [2.45, 2.75) is 57.4 Å². The number of ether oxygens (including phenoxy) is 1. The minimum Gasteiger partial charge on any atom is -0.496 e. The number of nitrogens with one attached hydrogen (secondary N) is 1. The lowest BCUT2D eigenvalue weighted by atomic mass is 9.92. The van der Waals surface area contributed by atoms with Crippen molar-refractivity contribution >= 4 is 27.5 Å². The van der Waals surface area contributed by atoms with Gasteiger partial charge < -0.3 is 10.1 Å². The van der Waals surface area contributed by atoms with E-state index >= 15 is 0 Å². The first-order chi connectivity index (χ1) is 15.5. The highest BCUT2D eigenvalue weighted by Gasteiger charge is 2.32. The molecule has 1 aliphatic heterocycles. The number of hydrogen-bond acceptors (Lipinski definition) is 4. The van der Waals surface area contributed by atoms with E-state index in [0.717, 1.165) is 22.4 Å². The van der Waals surface area contributed by atoms with Crippen molar-refractivity contribution in [3.05, 3.63) is 58.1 Å². The van der Waals surface area contributed by atoms with Crippen LogP contribution in [0.5, 0.6) is 5.75 Å². The van der Waals surface area contributed by atoms with Gasteiger partial charge in [0.25, 0.3) is 0 Å². The maximum absolute atomic E-state index is 13.0. The first-order valence-corrected chi connectivity index (χ1v) is 13.1. The molecule has 0 saturated carbocycles. The molecule has 0 radical (unpaired) electrons. The molecule has 0 bridgehead atoms. The summed E-state index contributed by atoms with van der Waals surface area (Å²) < 4.78 is 32.7. The molecule has 2 aromatic rings. The van der Waals surface area contributed by atoms with E-state index in [0.29, 0.717) is 36.9 Å². The van der Waals surface area contributed by atoms with Gasteiger partial charge in [0.1, 0.15) is 5.75 Å². The van der Waals surface area contributed by atoms with E-state index in [4.69, 9.17) is 16.3 Å². The fourth-order valence-electron chi connectivity index (χ4n) is 4.33. The molecule has 180 valence electrons. The third kappa shape index (κ3) is 5.70. The predicted octanol–water partition coefficient (Wildman–Crippen LogP) is 5.06. The van der Waals surface area contributed by atoms with Crippen LogP contribution in [0.1, 0.15) is 62.3 Å². The highest BCUT2D eigenvalue weighted by molar-refractivity contribution is 7.89. The predicted molar refractivity (Wildman–Crippen MR) is 131 cm³/mol. The zero-order valence-electron chi connectivity index (χ0n) is 19.9. The lowest BCUT2D eigenvalue weighted by molar-refractivity contribution is -0.126. The molecule has 1 saturated heterocycles. The Bertz CT molecular complexity index is 1090. The SMILES string of the molecule is COc1cc(C)c([C@H](C)NC(=O)C2CCN(S(=O)(=O)c3ccc(Cl)cc3)CC2)cc1C(C)C. The van der Waals surface area contributed by atoms with Gasteiger partial charge in [-0.3, -0.25) is 4.79 Å². The van der Waals surface area contributed by atoms with Crippen LogP contribution in [-0.2, 0) is 14.8 Å². The zero-order chi connectivity index (χ0) is 24.3. The summed E-state index contributed by atoms with van der Waals surface area (Å²) in [4.78, 5) is 13.2. The minimum absolute atomic E-state index is 0.0349. The number of rotatable bonds is 7. The maximum Gasteiger partial charge on any atom is 0.243 e. The fourth-order valence-corrected chi connectivity index (χ4v) is 5.93. The summed E-state index contributed by atoms with van der Waals surface area (Å²) in [6, 6.07) is 10.2. The van der Waals surface area contributed by atoms with E-state index < -0.39 is 10.0 Å². The first-order valence-electron chi connectivity index (χ1n) is 11.3. The number of amides is 1. The van der Waals surface area contributed by atoms with Crippen LogP contribution >= 0.6 is 11.6 Å². The van der Waals surface area contributed by atoms with E-state index in [1.54, 1.807) is 19.2 Å². The highest BCUT2D eigenvalue weighted by atomic mass is 35.5. The molecule has 0 aliphatic carbocycles. The molecular weight excluding hydrogens is 460 g/mol. The largest absolute Gasteiger partial charge is 0.496 e. The Balaban J connectivity index is 1.65. The Morgan fingerprint density at radius 3 is 2.24 bits per heavy atom. The van der Waals surface area contributed by atoms with Crippen LogP contribution in [-0.4, -0.2) is 38.8 Å². The molecule has 0 aromatic heterocycles. The Kier molecular flexibility index (Phi) is 8.08. The topological polar surface area (TPSA) is 75.7 Å². The highest BCUT2D eigenvalue weighted by Crippen LogP contribution is 2.32. The second kappa shape index (κ2) is 10.5. The summed E-state index contributed by atoms with van der Waals surface area (Å²) in [5.74, 6) is 0.910. The average molecular weight is 493 g/mol. The molecule has 33 heavy (non-hydrogen) atoms. The second-order valence-electron chi connectivity index (χ2n) is 8.97. The molecular formula is C25H33ClN2O4S. The molecule has 6 nitrogen and oxygen atoms in total. The standard InChI is InChI=1S/C25H33ClN2O4S/c1-16(2)22-15-23(17(3)14-24(22)32-5)18(4)27-25(29)19-10-12-28(13-11-19)33(30,31)21-8-6-20(26)7-9-21/h6-9,14-16,18-19H,10-13H2,1-5H3,(H,27,29)/t18-/m0/s1. The summed E-state index contributed by atoms with van der Waals surface area (Å²) >= 11 is 5.88. The smallest absolute Gasteiger partial charge is 0.243 e. The third-order valence-corrected chi connectivity index (χ3v) is 8.51. The molecule has 1 heterocycles. The lowest BCUT2D eigenvalue weighted by Crippen LogP contribution is -2.43. The number of carbonyl (C=O) groups excluding carboxylic acids is 1. The van der Waals surface area contributed by atoms with Crippen molar-refractivity contribution in [1.29, 1.82) is 0 Å². The summed E-state index contributed by atoms with van der Waals surface area (Å²) in [7, 11) is -1.92. The van der Waals surface area contributed by atoms with Crippen molar-refractivity contribution < 1.29 is 17.9 Å². The van der Waals surface area contributed by atoms with Crippen molar-refractivity contribution in [3.63, 3.8) is 0 Å². The van der Waals surface area contributed by atoms with Crippen molar-refractivity contribution in [2.24, 2.45) is 5.92 Å². The zero-order valence-corrected chi connectivity index (χ0v) is 21.5. The molecule has 1 aliphatic rings. The van der Waals surface area contributed by atoms with E-state index in [2.05, 4.69) is 25.2 Å². The number of benzene rings is 2. The van der Waals surface area contributed by atoms with Gasteiger partial charge in [0.15, 0.2) is 0 Å². The lowest BCUT2D eigenvalue weighted by Gasteiger charge is -2.31. The molecule has 1 amide bonds. The van der Waals surface area contributed by atoms with Gasteiger partial charge >= 0.3 is 0 Å². The number of piperidine rings is 1. The summed E-state index contributed by atoms with van der Waals surface area (Å²) in [5.41, 5.74) is 3.24. The van der Waals surface area contributed by atoms with Crippen LogP contribution in [0.3, 0.4) is 0 Å². The maximum atomic E-state index is 13.0. The number of sulfonamides is 1. The number of nitrogens with zero attached hydrogens (tertiary/aromatic N) is 1. The van der Waals surface area contributed by atoms with Gasteiger partial charge in [0.2, 0.25) is 15.9 Å². The van der Waals surface area contributed by atoms with Gasteiger partial charge in [0.05, 0.1) is 18.0 Å². The summed E-state index contributed by atoms with van der Waals surface area (Å²) in [6.45, 7) is 8.87. The third-order valence-electron chi connectivity index (χ3n) is 6.34. The molecule has 2 aromatic carbocycles. The van der Waals surface area contributed by atoms with E-state index in [9.17, 15) is 13.2 Å². The van der Waals surface area contributed by atoms with Gasteiger partial charge in [-0.05, 0) is 85.7 Å². The van der Waals surface area contributed by atoms with Crippen molar-refractivity contribution in [1.82, 2.24) is 9.62 Å². The van der Waals surface area contributed by atoms with E-state index in [-0.39, 0.29) is 22.8 Å². The van der Waals surface area contributed by atoms with Gasteiger partial charge in [-0.25, -0.2) is 8.42 Å². The summed E-state index contributed by atoms with van der Waals surface area (Å²) in [6.07, 6.45) is 0.981. The van der Waals surface area contributed by atoms with Gasteiger partial charge in [-0.1, -0.05) is 25.4 Å². The van der Waals surface area contributed by atoms with Crippen LogP contribution in [0.4, 0.5) is 0 Å². The normalized spacial score (nSPS) is 16.6. The molecule has 0 spiro atoms. The average Bonchev–Trinajstić information content (AvgIpc) is 2.78. The van der Waals surface area contributed by atoms with E-state index in [1.165, 1.54) is 16.4 Å². The van der Waals surface area contributed by atoms with Crippen molar-refractivity contribution in [3.8, 4) is 5.75 Å². The Labute approximate surface area is 202 Å². The van der Waals surface area contributed by atoms with Crippen LogP contribution in [0.2, 0.25) is 5.02 Å². The van der Waals surface area contributed by atoms with Gasteiger partial charge in [-0.15, -0.1) is 0 Å². The Hall–Kier alpha value is -2.09. The molecule has 1 fully saturated rings. The number of carbonyl (C=O) groups is 1.